The van der Waals surface area contributed by atoms with E-state index >= 15 is 0 Å². The second-order valence-corrected chi connectivity index (χ2v) is 6.51. The van der Waals surface area contributed by atoms with Crippen molar-refractivity contribution in [2.75, 3.05) is 13.1 Å². The molecule has 1 amide bonds. The molecule has 2 fully saturated rings. The highest BCUT2D eigenvalue weighted by Gasteiger charge is 2.43. The first-order chi connectivity index (χ1) is 11.1. The van der Waals surface area contributed by atoms with Crippen LogP contribution in [0.1, 0.15) is 23.2 Å². The number of fused-ring (bicyclic) bond motifs is 1. The number of nitrogens with two attached hydrogens (primary N) is 1. The van der Waals surface area contributed by atoms with Gasteiger partial charge in [0.25, 0.3) is 5.91 Å². The van der Waals surface area contributed by atoms with Gasteiger partial charge in [-0.25, -0.2) is 4.39 Å². The van der Waals surface area contributed by atoms with Crippen LogP contribution in [0.2, 0.25) is 0 Å². The van der Waals surface area contributed by atoms with Crippen LogP contribution >= 0.6 is 0 Å². The predicted molar refractivity (Wildman–Crippen MR) is 84.1 cm³/mol. The maximum absolute atomic E-state index is 14.0. The summed E-state index contributed by atoms with van der Waals surface area (Å²) in [5, 5.41) is 6.72. The minimum atomic E-state index is -0.369. The Bertz CT molecular complexity index is 744. The van der Waals surface area contributed by atoms with Crippen LogP contribution in [0.5, 0.6) is 0 Å². The minimum Gasteiger partial charge on any atom is -0.338 e. The second kappa shape index (κ2) is 5.45. The van der Waals surface area contributed by atoms with Crippen LogP contribution in [-0.4, -0.2) is 40.1 Å². The van der Waals surface area contributed by atoms with Crippen molar-refractivity contribution < 1.29 is 9.18 Å². The summed E-state index contributed by atoms with van der Waals surface area (Å²) in [4.78, 5) is 14.7. The fourth-order valence-electron chi connectivity index (χ4n) is 3.96. The number of nitrogens with zero attached hydrogens (tertiary/aromatic N) is 2. The topological polar surface area (TPSA) is 75.0 Å². The summed E-state index contributed by atoms with van der Waals surface area (Å²) in [6, 6.07) is 6.58. The van der Waals surface area contributed by atoms with Crippen LogP contribution in [0.4, 0.5) is 4.39 Å². The van der Waals surface area contributed by atoms with E-state index in [0.717, 1.165) is 19.4 Å². The van der Waals surface area contributed by atoms with Crippen molar-refractivity contribution in [2.45, 2.75) is 18.9 Å². The van der Waals surface area contributed by atoms with E-state index in [4.69, 9.17) is 5.73 Å². The highest BCUT2D eigenvalue weighted by molar-refractivity contribution is 6.00. The van der Waals surface area contributed by atoms with Gasteiger partial charge in [-0.1, -0.05) is 12.1 Å². The largest absolute Gasteiger partial charge is 0.338 e. The normalized spacial score (nSPS) is 26.5. The molecular formula is C17H19FN4O. The molecule has 2 aromatic rings. The highest BCUT2D eigenvalue weighted by Crippen LogP contribution is 2.38. The number of aromatic amines is 1. The number of likely N-dealkylation sites (tertiary alicyclic amines) is 1. The SMILES string of the molecule is NC1CCC2CN(C(=O)c3cn[nH]c3-c3ccccc3F)CC12. The van der Waals surface area contributed by atoms with Gasteiger partial charge in [0.2, 0.25) is 0 Å². The van der Waals surface area contributed by atoms with Crippen LogP contribution in [-0.2, 0) is 0 Å². The third-order valence-electron chi connectivity index (χ3n) is 5.21. The molecule has 6 heteroatoms. The number of hydrogen-bond acceptors (Lipinski definition) is 3. The molecule has 1 aliphatic carbocycles. The summed E-state index contributed by atoms with van der Waals surface area (Å²) in [7, 11) is 0. The molecule has 1 aromatic heterocycles. The van der Waals surface area contributed by atoms with Gasteiger partial charge in [0, 0.05) is 24.7 Å². The van der Waals surface area contributed by atoms with Gasteiger partial charge in [-0.05, 0) is 36.8 Å². The van der Waals surface area contributed by atoms with E-state index in [1.165, 1.54) is 12.3 Å². The first-order valence-corrected chi connectivity index (χ1v) is 7.98. The van der Waals surface area contributed by atoms with Crippen molar-refractivity contribution >= 4 is 5.91 Å². The zero-order valence-corrected chi connectivity index (χ0v) is 12.7. The molecule has 2 aliphatic rings. The lowest BCUT2D eigenvalue weighted by atomic mass is 9.98. The van der Waals surface area contributed by atoms with Crippen molar-refractivity contribution in [3.8, 4) is 11.3 Å². The average molecular weight is 314 g/mol. The van der Waals surface area contributed by atoms with Crippen molar-refractivity contribution in [1.29, 1.82) is 0 Å². The Hall–Kier alpha value is -2.21. The average Bonchev–Trinajstić information content (AvgIpc) is 3.25. The molecule has 1 saturated carbocycles. The van der Waals surface area contributed by atoms with Crippen LogP contribution in [0.15, 0.2) is 30.5 Å². The lowest BCUT2D eigenvalue weighted by Gasteiger charge is -2.18. The van der Waals surface area contributed by atoms with Gasteiger partial charge in [0.05, 0.1) is 17.5 Å². The Morgan fingerprint density at radius 2 is 2.13 bits per heavy atom. The van der Waals surface area contributed by atoms with Crippen molar-refractivity contribution in [3.05, 3.63) is 41.8 Å². The number of amides is 1. The molecule has 4 rings (SSSR count). The fourth-order valence-corrected chi connectivity index (χ4v) is 3.96. The third-order valence-corrected chi connectivity index (χ3v) is 5.21. The molecule has 3 unspecified atom stereocenters. The molecule has 120 valence electrons. The summed E-state index contributed by atoms with van der Waals surface area (Å²) < 4.78 is 14.0. The van der Waals surface area contributed by atoms with E-state index < -0.39 is 0 Å². The molecule has 0 spiro atoms. The number of benzene rings is 1. The summed E-state index contributed by atoms with van der Waals surface area (Å²) in [5.41, 5.74) is 7.36. The standard InChI is InChI=1S/C17H19FN4O/c18-14-4-2-1-3-11(14)16-12(7-20-21-16)17(23)22-8-10-5-6-15(19)13(10)9-22/h1-4,7,10,13,15H,5-6,8-9,19H2,(H,20,21). The first kappa shape index (κ1) is 14.4. The molecule has 1 aromatic carbocycles. The van der Waals surface area contributed by atoms with Crippen molar-refractivity contribution in [3.63, 3.8) is 0 Å². The van der Waals surface area contributed by atoms with Gasteiger partial charge in [0.15, 0.2) is 0 Å². The molecular weight excluding hydrogens is 295 g/mol. The van der Waals surface area contributed by atoms with Crippen LogP contribution in [0, 0.1) is 17.7 Å². The molecule has 23 heavy (non-hydrogen) atoms. The van der Waals surface area contributed by atoms with E-state index in [-0.39, 0.29) is 17.8 Å². The first-order valence-electron chi connectivity index (χ1n) is 7.98. The van der Waals surface area contributed by atoms with Crippen LogP contribution < -0.4 is 5.73 Å². The summed E-state index contributed by atoms with van der Waals surface area (Å²) in [6.07, 6.45) is 3.61. The molecule has 0 radical (unpaired) electrons. The van der Waals surface area contributed by atoms with Gasteiger partial charge < -0.3 is 10.6 Å². The molecule has 3 N–H and O–H groups in total. The molecule has 1 aliphatic heterocycles. The zero-order valence-electron chi connectivity index (χ0n) is 12.7. The minimum absolute atomic E-state index is 0.0985. The number of rotatable bonds is 2. The Balaban J connectivity index is 1.62. The lowest BCUT2D eigenvalue weighted by molar-refractivity contribution is 0.0780. The quantitative estimate of drug-likeness (QED) is 0.890. The summed E-state index contributed by atoms with van der Waals surface area (Å²) >= 11 is 0. The van der Waals surface area contributed by atoms with Crippen LogP contribution in [0.25, 0.3) is 11.3 Å². The number of aromatic nitrogens is 2. The van der Waals surface area contributed by atoms with Gasteiger partial charge in [-0.15, -0.1) is 0 Å². The Morgan fingerprint density at radius 3 is 2.91 bits per heavy atom. The van der Waals surface area contributed by atoms with Gasteiger partial charge in [-0.2, -0.15) is 5.10 Å². The number of halogens is 1. The zero-order chi connectivity index (χ0) is 16.0. The van der Waals surface area contributed by atoms with E-state index in [1.807, 2.05) is 4.90 Å². The smallest absolute Gasteiger partial charge is 0.257 e. The number of nitrogens with one attached hydrogen (secondary N) is 1. The maximum Gasteiger partial charge on any atom is 0.257 e. The monoisotopic (exact) mass is 314 g/mol. The summed E-state index contributed by atoms with van der Waals surface area (Å²) in [6.45, 7) is 1.42. The number of carbonyl (C=O) groups excluding carboxylic acids is 1. The summed E-state index contributed by atoms with van der Waals surface area (Å²) in [5.74, 6) is 0.422. The molecule has 2 heterocycles. The highest BCUT2D eigenvalue weighted by atomic mass is 19.1. The molecule has 1 saturated heterocycles. The maximum atomic E-state index is 14.0. The Labute approximate surface area is 133 Å². The molecule has 5 nitrogen and oxygen atoms in total. The van der Waals surface area contributed by atoms with Gasteiger partial charge >= 0.3 is 0 Å². The fraction of sp³-hybridized carbons (Fsp3) is 0.412. The molecule has 3 atom stereocenters. The van der Waals surface area contributed by atoms with E-state index in [0.29, 0.717) is 35.2 Å². The second-order valence-electron chi connectivity index (χ2n) is 6.51. The third kappa shape index (κ3) is 2.34. The predicted octanol–water partition coefficient (Wildman–Crippen LogP) is 2.03. The number of hydrogen-bond donors (Lipinski definition) is 2. The van der Waals surface area contributed by atoms with Gasteiger partial charge in [0.1, 0.15) is 5.82 Å². The van der Waals surface area contributed by atoms with Gasteiger partial charge in [-0.3, -0.25) is 9.89 Å². The van der Waals surface area contributed by atoms with E-state index in [1.54, 1.807) is 18.2 Å². The van der Waals surface area contributed by atoms with E-state index in [9.17, 15) is 9.18 Å². The number of H-pyrrole nitrogens is 1. The Kier molecular flexibility index (Phi) is 3.41. The van der Waals surface area contributed by atoms with Crippen molar-refractivity contribution in [2.24, 2.45) is 17.6 Å². The molecule has 0 bridgehead atoms. The number of carbonyl (C=O) groups is 1. The lowest BCUT2D eigenvalue weighted by Crippen LogP contribution is -2.33. The van der Waals surface area contributed by atoms with Crippen molar-refractivity contribution in [1.82, 2.24) is 15.1 Å². The van der Waals surface area contributed by atoms with E-state index in [2.05, 4.69) is 10.2 Å². The Morgan fingerprint density at radius 1 is 1.30 bits per heavy atom. The van der Waals surface area contributed by atoms with Crippen LogP contribution in [0.3, 0.4) is 0 Å².